The summed E-state index contributed by atoms with van der Waals surface area (Å²) in [5.41, 5.74) is 2.77. The molecule has 0 saturated carbocycles. The van der Waals surface area contributed by atoms with Crippen LogP contribution in [0, 0.1) is 13.8 Å². The van der Waals surface area contributed by atoms with Crippen molar-refractivity contribution in [2.45, 2.75) is 37.9 Å². The number of benzene rings is 2. The fourth-order valence-electron chi connectivity index (χ4n) is 3.29. The van der Waals surface area contributed by atoms with E-state index in [-0.39, 0.29) is 18.1 Å². The minimum Gasteiger partial charge on any atom is -0.478 e. The molecule has 27 heavy (non-hydrogen) atoms. The Kier molecular flexibility index (Phi) is 5.82. The Hall–Kier alpha value is -2.37. The molecule has 1 heterocycles. The van der Waals surface area contributed by atoms with Gasteiger partial charge in [0.25, 0.3) is 0 Å². The highest BCUT2D eigenvalue weighted by atomic mass is 35.5. The van der Waals surface area contributed by atoms with Gasteiger partial charge >= 0.3 is 11.9 Å². The third-order valence-electron chi connectivity index (χ3n) is 4.71. The average Bonchev–Trinajstić information content (AvgIpc) is 3.00. The van der Waals surface area contributed by atoms with Gasteiger partial charge in [-0.3, -0.25) is 0 Å². The van der Waals surface area contributed by atoms with E-state index in [9.17, 15) is 14.7 Å². The number of carbonyl (C=O) groups is 2. The zero-order valence-corrected chi connectivity index (χ0v) is 15.9. The zero-order valence-electron chi connectivity index (χ0n) is 15.1. The first-order valence-corrected chi connectivity index (χ1v) is 9.16. The molecule has 2 aromatic rings. The fourth-order valence-corrected chi connectivity index (χ4v) is 3.61. The van der Waals surface area contributed by atoms with E-state index in [0.717, 1.165) is 11.1 Å². The molecule has 1 N–H and O–H groups in total. The van der Waals surface area contributed by atoms with E-state index in [2.05, 4.69) is 0 Å². The SMILES string of the molecule is Cc1ccc(C(=O)OCC2OC(Cl)CC2c2cc(C)ccc2C(=O)O)cc1. The van der Waals surface area contributed by atoms with Gasteiger partial charge in [-0.2, -0.15) is 0 Å². The highest BCUT2D eigenvalue weighted by Gasteiger charge is 2.38. The second kappa shape index (κ2) is 8.11. The monoisotopic (exact) mass is 388 g/mol. The van der Waals surface area contributed by atoms with Crippen LogP contribution in [-0.2, 0) is 9.47 Å². The van der Waals surface area contributed by atoms with E-state index < -0.39 is 23.6 Å². The van der Waals surface area contributed by atoms with Gasteiger partial charge in [0.1, 0.15) is 18.3 Å². The van der Waals surface area contributed by atoms with Gasteiger partial charge in [0.15, 0.2) is 0 Å². The number of hydrogen-bond donors (Lipinski definition) is 1. The largest absolute Gasteiger partial charge is 0.478 e. The van der Waals surface area contributed by atoms with Crippen LogP contribution in [0.3, 0.4) is 0 Å². The van der Waals surface area contributed by atoms with Crippen molar-refractivity contribution >= 4 is 23.5 Å². The van der Waals surface area contributed by atoms with E-state index >= 15 is 0 Å². The molecule has 6 heteroatoms. The molecular formula is C21H21ClO5. The van der Waals surface area contributed by atoms with Gasteiger partial charge in [0, 0.05) is 5.92 Å². The zero-order chi connectivity index (χ0) is 19.6. The summed E-state index contributed by atoms with van der Waals surface area (Å²) in [6.45, 7) is 3.84. The van der Waals surface area contributed by atoms with E-state index in [4.69, 9.17) is 21.1 Å². The molecule has 142 valence electrons. The Morgan fingerprint density at radius 2 is 1.81 bits per heavy atom. The summed E-state index contributed by atoms with van der Waals surface area (Å²) in [5.74, 6) is -1.71. The molecule has 0 aliphatic carbocycles. The lowest BCUT2D eigenvalue weighted by Crippen LogP contribution is -2.25. The molecule has 0 spiro atoms. The molecule has 0 amide bonds. The first-order chi connectivity index (χ1) is 12.8. The van der Waals surface area contributed by atoms with Crippen LogP contribution in [0.15, 0.2) is 42.5 Å². The number of carboxylic acids is 1. The highest BCUT2D eigenvalue weighted by molar-refractivity contribution is 6.19. The summed E-state index contributed by atoms with van der Waals surface area (Å²) in [4.78, 5) is 23.9. The maximum atomic E-state index is 12.3. The Labute approximate surface area is 162 Å². The van der Waals surface area contributed by atoms with Gasteiger partial charge in [0.05, 0.1) is 11.1 Å². The lowest BCUT2D eigenvalue weighted by atomic mass is 9.88. The molecule has 1 aliphatic rings. The topological polar surface area (TPSA) is 72.8 Å². The number of hydrogen-bond acceptors (Lipinski definition) is 4. The van der Waals surface area contributed by atoms with Crippen LogP contribution < -0.4 is 0 Å². The second-order valence-electron chi connectivity index (χ2n) is 6.79. The number of ether oxygens (including phenoxy) is 2. The van der Waals surface area contributed by atoms with Crippen LogP contribution in [-0.4, -0.2) is 35.3 Å². The smallest absolute Gasteiger partial charge is 0.338 e. The molecule has 3 unspecified atom stereocenters. The van der Waals surface area contributed by atoms with Crippen molar-refractivity contribution in [2.24, 2.45) is 0 Å². The molecular weight excluding hydrogens is 368 g/mol. The number of halogens is 1. The molecule has 5 nitrogen and oxygen atoms in total. The predicted molar refractivity (Wildman–Crippen MR) is 101 cm³/mol. The van der Waals surface area contributed by atoms with Crippen molar-refractivity contribution in [1.82, 2.24) is 0 Å². The second-order valence-corrected chi connectivity index (χ2v) is 7.27. The summed E-state index contributed by atoms with van der Waals surface area (Å²) in [6.07, 6.45) is -0.0419. The lowest BCUT2D eigenvalue weighted by molar-refractivity contribution is 0.00591. The first kappa shape index (κ1) is 19.4. The molecule has 3 rings (SSSR count). The molecule has 0 aromatic heterocycles. The summed E-state index contributed by atoms with van der Waals surface area (Å²) >= 11 is 6.16. The highest BCUT2D eigenvalue weighted by Crippen LogP contribution is 2.39. The van der Waals surface area contributed by atoms with Crippen LogP contribution in [0.2, 0.25) is 0 Å². The standard InChI is InChI=1S/C21H21ClO5/c1-12-3-6-14(7-4-12)21(25)26-11-18-17(10-19(22)27-18)16-9-13(2)5-8-15(16)20(23)24/h3-9,17-19H,10-11H2,1-2H3,(H,23,24). The number of rotatable bonds is 5. The number of alkyl halides is 1. The number of carbonyl (C=O) groups excluding carboxylic acids is 1. The Morgan fingerprint density at radius 1 is 1.15 bits per heavy atom. The van der Waals surface area contributed by atoms with E-state index in [1.54, 1.807) is 24.3 Å². The van der Waals surface area contributed by atoms with Crippen molar-refractivity contribution in [3.63, 3.8) is 0 Å². The third kappa shape index (κ3) is 4.49. The van der Waals surface area contributed by atoms with Crippen LogP contribution in [0.5, 0.6) is 0 Å². The number of aromatic carboxylic acids is 1. The molecule has 1 aliphatic heterocycles. The van der Waals surface area contributed by atoms with Crippen molar-refractivity contribution in [2.75, 3.05) is 6.61 Å². The van der Waals surface area contributed by atoms with Gasteiger partial charge in [-0.05, 0) is 44.0 Å². The molecule has 0 bridgehead atoms. The molecule has 1 fully saturated rings. The number of aryl methyl sites for hydroxylation is 2. The van der Waals surface area contributed by atoms with Crippen LogP contribution in [0.4, 0.5) is 0 Å². The minimum atomic E-state index is -1.00. The average molecular weight is 389 g/mol. The van der Waals surface area contributed by atoms with Crippen molar-refractivity contribution in [1.29, 1.82) is 0 Å². The van der Waals surface area contributed by atoms with Crippen LogP contribution in [0.25, 0.3) is 0 Å². The van der Waals surface area contributed by atoms with Gasteiger partial charge in [-0.1, -0.05) is 47.0 Å². The van der Waals surface area contributed by atoms with Gasteiger partial charge in [-0.25, -0.2) is 9.59 Å². The summed E-state index contributed by atoms with van der Waals surface area (Å²) < 4.78 is 11.1. The van der Waals surface area contributed by atoms with E-state index in [0.29, 0.717) is 17.5 Å². The summed E-state index contributed by atoms with van der Waals surface area (Å²) in [7, 11) is 0. The van der Waals surface area contributed by atoms with E-state index in [1.165, 1.54) is 0 Å². The lowest BCUT2D eigenvalue weighted by Gasteiger charge is -2.20. The summed E-state index contributed by atoms with van der Waals surface area (Å²) in [6, 6.07) is 12.3. The fraction of sp³-hybridized carbons (Fsp3) is 0.333. The van der Waals surface area contributed by atoms with Gasteiger partial charge < -0.3 is 14.6 Å². The van der Waals surface area contributed by atoms with Crippen molar-refractivity contribution in [3.05, 3.63) is 70.3 Å². The van der Waals surface area contributed by atoms with Gasteiger partial charge in [-0.15, -0.1) is 0 Å². The van der Waals surface area contributed by atoms with E-state index in [1.807, 2.05) is 32.0 Å². The third-order valence-corrected chi connectivity index (χ3v) is 4.99. The normalized spacial score (nSPS) is 21.8. The predicted octanol–water partition coefficient (Wildman–Crippen LogP) is 4.30. The van der Waals surface area contributed by atoms with Crippen molar-refractivity contribution < 1.29 is 24.2 Å². The molecule has 0 radical (unpaired) electrons. The maximum Gasteiger partial charge on any atom is 0.338 e. The Bertz CT molecular complexity index is 846. The van der Waals surface area contributed by atoms with Crippen LogP contribution in [0.1, 0.15) is 49.7 Å². The van der Waals surface area contributed by atoms with Gasteiger partial charge in [0.2, 0.25) is 0 Å². The van der Waals surface area contributed by atoms with Crippen molar-refractivity contribution in [3.8, 4) is 0 Å². The Balaban J connectivity index is 1.77. The first-order valence-electron chi connectivity index (χ1n) is 8.72. The maximum absolute atomic E-state index is 12.3. The Morgan fingerprint density at radius 3 is 2.48 bits per heavy atom. The summed E-state index contributed by atoms with van der Waals surface area (Å²) in [5, 5.41) is 9.50. The minimum absolute atomic E-state index is 0.00754. The molecule has 3 atom stereocenters. The van der Waals surface area contributed by atoms with Crippen LogP contribution >= 0.6 is 11.6 Å². The molecule has 1 saturated heterocycles. The number of carboxylic acid groups (broad SMARTS) is 1. The number of esters is 1. The molecule has 2 aromatic carbocycles. The quantitative estimate of drug-likeness (QED) is 0.610.